The first-order chi connectivity index (χ1) is 14.8. The molecule has 1 aromatic heterocycles. The summed E-state index contributed by atoms with van der Waals surface area (Å²) in [5.74, 6) is 0.315. The van der Waals surface area contributed by atoms with Crippen molar-refractivity contribution in [1.29, 1.82) is 0 Å². The standard InChI is InChI=1S/C24H25N3O2S2/c1-14(2)15-9-11-16(12-10-15)20-13-18(25-17-7-5-6-8-19(17)31-20)21-22(28)26(3)24(30)27(4)23(21)29/h5-12,14,20,28H,13H2,1-4H3. The van der Waals surface area contributed by atoms with Crippen LogP contribution in [0, 0.1) is 4.77 Å². The molecule has 5 nitrogen and oxygen atoms in total. The minimum atomic E-state index is -0.336. The zero-order valence-corrected chi connectivity index (χ0v) is 19.6. The number of aromatic hydroxyl groups is 1. The Bertz CT molecular complexity index is 1290. The van der Waals surface area contributed by atoms with Crippen LogP contribution in [-0.2, 0) is 14.1 Å². The summed E-state index contributed by atoms with van der Waals surface area (Å²) in [6.45, 7) is 4.36. The molecule has 2 heterocycles. The highest BCUT2D eigenvalue weighted by Gasteiger charge is 2.27. The Labute approximate surface area is 191 Å². The molecule has 1 atom stereocenters. The van der Waals surface area contributed by atoms with Crippen molar-refractivity contribution in [2.75, 3.05) is 0 Å². The molecule has 0 radical (unpaired) electrons. The van der Waals surface area contributed by atoms with Crippen molar-refractivity contribution in [2.24, 2.45) is 19.1 Å². The molecular weight excluding hydrogens is 426 g/mol. The number of aliphatic imine (C=N–C) groups is 1. The number of thioether (sulfide) groups is 1. The fourth-order valence-electron chi connectivity index (χ4n) is 3.74. The molecule has 0 amide bonds. The van der Waals surface area contributed by atoms with Crippen LogP contribution in [0.4, 0.5) is 5.69 Å². The Kier molecular flexibility index (Phi) is 5.90. The number of benzene rings is 2. The van der Waals surface area contributed by atoms with Gasteiger partial charge in [-0.1, -0.05) is 50.2 Å². The second kappa shape index (κ2) is 8.48. The summed E-state index contributed by atoms with van der Waals surface area (Å²) in [6, 6.07) is 16.6. The Morgan fingerprint density at radius 1 is 1.10 bits per heavy atom. The summed E-state index contributed by atoms with van der Waals surface area (Å²) in [7, 11) is 3.28. The van der Waals surface area contributed by atoms with Crippen LogP contribution >= 0.6 is 24.0 Å². The van der Waals surface area contributed by atoms with Crippen molar-refractivity contribution >= 4 is 35.4 Å². The first-order valence-electron chi connectivity index (χ1n) is 10.2. The van der Waals surface area contributed by atoms with Crippen molar-refractivity contribution in [3.63, 3.8) is 0 Å². The average molecular weight is 452 g/mol. The molecule has 1 unspecified atom stereocenters. The fourth-order valence-corrected chi connectivity index (χ4v) is 5.14. The van der Waals surface area contributed by atoms with Gasteiger partial charge in [-0.2, -0.15) is 0 Å². The largest absolute Gasteiger partial charge is 0.494 e. The number of aromatic nitrogens is 2. The van der Waals surface area contributed by atoms with Crippen LogP contribution in [-0.4, -0.2) is 20.0 Å². The molecule has 0 saturated carbocycles. The van der Waals surface area contributed by atoms with Crippen molar-refractivity contribution in [3.05, 3.63) is 80.3 Å². The van der Waals surface area contributed by atoms with Gasteiger partial charge in [0.05, 0.1) is 11.4 Å². The number of fused-ring (bicyclic) bond motifs is 1. The zero-order valence-electron chi connectivity index (χ0n) is 18.0. The summed E-state index contributed by atoms with van der Waals surface area (Å²) >= 11 is 7.01. The zero-order chi connectivity index (χ0) is 22.3. The van der Waals surface area contributed by atoms with Gasteiger partial charge in [0.1, 0.15) is 5.56 Å². The average Bonchev–Trinajstić information content (AvgIpc) is 2.96. The highest BCUT2D eigenvalue weighted by atomic mass is 32.2. The van der Waals surface area contributed by atoms with Crippen LogP contribution in [0.3, 0.4) is 0 Å². The SMILES string of the molecule is CC(C)c1ccc(C2CC(c3c(O)n(C)c(=S)n(C)c3=O)=Nc3ccccc3S2)cc1. The normalized spacial score (nSPS) is 16.0. The molecule has 1 aliphatic rings. The molecule has 1 N–H and O–H groups in total. The van der Waals surface area contributed by atoms with Crippen LogP contribution in [0.25, 0.3) is 0 Å². The smallest absolute Gasteiger partial charge is 0.267 e. The summed E-state index contributed by atoms with van der Waals surface area (Å²) < 4.78 is 3.09. The lowest BCUT2D eigenvalue weighted by molar-refractivity contribution is 0.414. The molecule has 7 heteroatoms. The van der Waals surface area contributed by atoms with Crippen LogP contribution < -0.4 is 5.56 Å². The second-order valence-corrected chi connectivity index (χ2v) is 9.67. The molecule has 0 aliphatic carbocycles. The third kappa shape index (κ3) is 4.00. The number of rotatable bonds is 3. The van der Waals surface area contributed by atoms with Crippen molar-refractivity contribution < 1.29 is 5.11 Å². The Hall–Kier alpha value is -2.64. The number of para-hydroxylation sites is 1. The number of hydrogen-bond acceptors (Lipinski definition) is 5. The molecule has 31 heavy (non-hydrogen) atoms. The fraction of sp³-hybridized carbons (Fsp3) is 0.292. The molecule has 0 bridgehead atoms. The van der Waals surface area contributed by atoms with Gasteiger partial charge < -0.3 is 5.11 Å². The van der Waals surface area contributed by atoms with E-state index in [2.05, 4.69) is 38.1 Å². The number of hydrogen-bond donors (Lipinski definition) is 1. The van der Waals surface area contributed by atoms with E-state index in [0.29, 0.717) is 18.1 Å². The van der Waals surface area contributed by atoms with Crippen LogP contribution in [0.5, 0.6) is 5.88 Å². The first-order valence-corrected chi connectivity index (χ1v) is 11.5. The van der Waals surface area contributed by atoms with E-state index in [1.807, 2.05) is 24.3 Å². The molecule has 0 fully saturated rings. The highest BCUT2D eigenvalue weighted by Crippen LogP contribution is 2.45. The van der Waals surface area contributed by atoms with E-state index >= 15 is 0 Å². The van der Waals surface area contributed by atoms with E-state index in [1.54, 1.807) is 25.9 Å². The molecule has 4 rings (SSSR count). The quantitative estimate of drug-likeness (QED) is 0.524. The molecule has 0 saturated heterocycles. The van der Waals surface area contributed by atoms with Crippen LogP contribution in [0.15, 0.2) is 63.2 Å². The van der Waals surface area contributed by atoms with E-state index in [4.69, 9.17) is 17.2 Å². The summed E-state index contributed by atoms with van der Waals surface area (Å²) in [5, 5.41) is 10.9. The molecular formula is C24H25N3O2S2. The summed E-state index contributed by atoms with van der Waals surface area (Å²) in [6.07, 6.45) is 0.514. The van der Waals surface area contributed by atoms with Gasteiger partial charge in [-0.25, -0.2) is 0 Å². The topological polar surface area (TPSA) is 59.5 Å². The van der Waals surface area contributed by atoms with Crippen molar-refractivity contribution in [2.45, 2.75) is 36.3 Å². The molecule has 0 spiro atoms. The molecule has 160 valence electrons. The van der Waals surface area contributed by atoms with Crippen molar-refractivity contribution in [3.8, 4) is 5.88 Å². The third-order valence-electron chi connectivity index (χ3n) is 5.67. The van der Waals surface area contributed by atoms with E-state index < -0.39 is 0 Å². The Morgan fingerprint density at radius 2 is 1.77 bits per heavy atom. The van der Waals surface area contributed by atoms with E-state index in [-0.39, 0.29) is 27.0 Å². The Morgan fingerprint density at radius 3 is 2.45 bits per heavy atom. The van der Waals surface area contributed by atoms with Gasteiger partial charge in [0, 0.05) is 30.7 Å². The molecule has 1 aliphatic heterocycles. The van der Waals surface area contributed by atoms with Crippen molar-refractivity contribution in [1.82, 2.24) is 9.13 Å². The lowest BCUT2D eigenvalue weighted by Crippen LogP contribution is -2.29. The van der Waals surface area contributed by atoms with Gasteiger partial charge >= 0.3 is 0 Å². The van der Waals surface area contributed by atoms with Gasteiger partial charge in [-0.3, -0.25) is 18.9 Å². The second-order valence-electron chi connectivity index (χ2n) is 8.06. The monoisotopic (exact) mass is 451 g/mol. The van der Waals surface area contributed by atoms with Gasteiger partial charge in [0.15, 0.2) is 4.77 Å². The maximum Gasteiger partial charge on any atom is 0.267 e. The lowest BCUT2D eigenvalue weighted by Gasteiger charge is -2.18. The maximum atomic E-state index is 13.1. The molecule has 3 aromatic rings. The van der Waals surface area contributed by atoms with Crippen LogP contribution in [0.2, 0.25) is 0 Å². The lowest BCUT2D eigenvalue weighted by atomic mass is 9.98. The van der Waals surface area contributed by atoms with Gasteiger partial charge in [0.25, 0.3) is 5.56 Å². The van der Waals surface area contributed by atoms with E-state index in [0.717, 1.165) is 10.6 Å². The van der Waals surface area contributed by atoms with E-state index in [9.17, 15) is 9.90 Å². The first kappa shape index (κ1) is 21.6. The maximum absolute atomic E-state index is 13.1. The minimum Gasteiger partial charge on any atom is -0.494 e. The van der Waals surface area contributed by atoms with Gasteiger partial charge in [0.2, 0.25) is 5.88 Å². The predicted octanol–water partition coefficient (Wildman–Crippen LogP) is 5.64. The minimum absolute atomic E-state index is 0.0567. The van der Waals surface area contributed by atoms with Gasteiger partial charge in [-0.05, 0) is 41.4 Å². The summed E-state index contributed by atoms with van der Waals surface area (Å²) in [4.78, 5) is 19.0. The van der Waals surface area contributed by atoms with Crippen LogP contribution in [0.1, 0.15) is 48.1 Å². The number of nitrogens with zero attached hydrogens (tertiary/aromatic N) is 3. The Balaban J connectivity index is 1.88. The van der Waals surface area contributed by atoms with E-state index in [1.165, 1.54) is 20.3 Å². The third-order valence-corrected chi connectivity index (χ3v) is 7.54. The highest BCUT2D eigenvalue weighted by molar-refractivity contribution is 7.99. The molecule has 2 aromatic carbocycles. The van der Waals surface area contributed by atoms with Gasteiger partial charge in [-0.15, -0.1) is 11.8 Å². The predicted molar refractivity (Wildman–Crippen MR) is 130 cm³/mol. The summed E-state index contributed by atoms with van der Waals surface area (Å²) in [5.41, 5.74) is 3.70.